The molecule has 2 aliphatic rings. The minimum atomic E-state index is -0.598. The molecule has 0 bridgehead atoms. The van der Waals surface area contributed by atoms with Crippen molar-refractivity contribution < 1.29 is 23.8 Å². The molecule has 0 unspecified atom stereocenters. The fourth-order valence-corrected chi connectivity index (χ4v) is 3.50. The van der Waals surface area contributed by atoms with Crippen LogP contribution in [0.4, 0.5) is 0 Å². The van der Waals surface area contributed by atoms with Crippen molar-refractivity contribution >= 4 is 29.6 Å². The quantitative estimate of drug-likeness (QED) is 0.583. The third kappa shape index (κ3) is 3.97. The van der Waals surface area contributed by atoms with E-state index in [4.69, 9.17) is 25.8 Å². The lowest BCUT2D eigenvalue weighted by Gasteiger charge is -2.28. The van der Waals surface area contributed by atoms with Crippen LogP contribution in [0.3, 0.4) is 0 Å². The van der Waals surface area contributed by atoms with Crippen molar-refractivity contribution in [2.24, 2.45) is 0 Å². The van der Waals surface area contributed by atoms with E-state index in [1.165, 1.54) is 11.6 Å². The highest BCUT2D eigenvalue weighted by atomic mass is 35.5. The van der Waals surface area contributed by atoms with E-state index < -0.39 is 5.97 Å². The second-order valence-electron chi connectivity index (χ2n) is 6.51. The largest absolute Gasteiger partial charge is 0.454 e. The van der Waals surface area contributed by atoms with E-state index in [9.17, 15) is 9.59 Å². The van der Waals surface area contributed by atoms with Gasteiger partial charge in [-0.3, -0.25) is 4.79 Å². The van der Waals surface area contributed by atoms with Crippen LogP contribution in [0.15, 0.2) is 42.5 Å². The van der Waals surface area contributed by atoms with Crippen LogP contribution in [-0.4, -0.2) is 36.7 Å². The summed E-state index contributed by atoms with van der Waals surface area (Å²) in [4.78, 5) is 26.0. The molecule has 144 valence electrons. The van der Waals surface area contributed by atoms with Gasteiger partial charge in [0, 0.05) is 19.2 Å². The molecule has 4 rings (SSSR count). The van der Waals surface area contributed by atoms with Crippen molar-refractivity contribution in [3.05, 3.63) is 64.2 Å². The number of amides is 1. The number of fused-ring (bicyclic) bond motifs is 2. The Bertz CT molecular complexity index is 956. The number of esters is 1. The molecule has 2 aromatic carbocycles. The van der Waals surface area contributed by atoms with Crippen LogP contribution in [0.2, 0.25) is 5.02 Å². The van der Waals surface area contributed by atoms with Crippen LogP contribution in [0.25, 0.3) is 6.08 Å². The van der Waals surface area contributed by atoms with Gasteiger partial charge in [-0.2, -0.15) is 0 Å². The lowest BCUT2D eigenvalue weighted by Crippen LogP contribution is -2.38. The molecule has 0 aromatic heterocycles. The maximum Gasteiger partial charge on any atom is 0.331 e. The zero-order chi connectivity index (χ0) is 19.5. The lowest BCUT2D eigenvalue weighted by atomic mass is 10.00. The van der Waals surface area contributed by atoms with Crippen molar-refractivity contribution in [1.82, 2.24) is 4.90 Å². The smallest absolute Gasteiger partial charge is 0.331 e. The topological polar surface area (TPSA) is 65.1 Å². The summed E-state index contributed by atoms with van der Waals surface area (Å²) in [6, 6.07) is 11.4. The SMILES string of the molecule is O=C(/C=C/c1cc(Cl)c2c(c1)OCO2)OCC(=O)N1CCc2ccccc2C1. The summed E-state index contributed by atoms with van der Waals surface area (Å²) in [6.07, 6.45) is 3.62. The number of hydrogen-bond acceptors (Lipinski definition) is 5. The predicted molar refractivity (Wildman–Crippen MR) is 103 cm³/mol. The molecule has 7 heteroatoms. The highest BCUT2D eigenvalue weighted by molar-refractivity contribution is 6.32. The molecule has 0 N–H and O–H groups in total. The number of hydrogen-bond donors (Lipinski definition) is 0. The van der Waals surface area contributed by atoms with Crippen LogP contribution in [-0.2, 0) is 27.3 Å². The normalized spacial score (nSPS) is 14.8. The first kappa shape index (κ1) is 18.4. The van der Waals surface area contributed by atoms with E-state index in [-0.39, 0.29) is 19.3 Å². The standard InChI is InChI=1S/C21H18ClNO5/c22-17-9-14(10-18-21(17)28-13-27-18)5-6-20(25)26-12-19(24)23-8-7-15-3-1-2-4-16(15)11-23/h1-6,9-10H,7-8,11-13H2/b6-5+. The zero-order valence-electron chi connectivity index (χ0n) is 15.0. The van der Waals surface area contributed by atoms with Crippen LogP contribution in [0.5, 0.6) is 11.5 Å². The molecule has 1 amide bonds. The van der Waals surface area contributed by atoms with Gasteiger partial charge in [-0.1, -0.05) is 35.9 Å². The van der Waals surface area contributed by atoms with Gasteiger partial charge in [0.05, 0.1) is 5.02 Å². The average Bonchev–Trinajstić information content (AvgIpc) is 3.19. The van der Waals surface area contributed by atoms with Crippen LogP contribution in [0.1, 0.15) is 16.7 Å². The molecular formula is C21H18ClNO5. The Kier molecular flexibility index (Phi) is 5.21. The van der Waals surface area contributed by atoms with Gasteiger partial charge in [-0.05, 0) is 41.3 Å². The minimum Gasteiger partial charge on any atom is -0.454 e. The van der Waals surface area contributed by atoms with E-state index in [2.05, 4.69) is 6.07 Å². The summed E-state index contributed by atoms with van der Waals surface area (Å²) in [5, 5.41) is 0.406. The third-order valence-corrected chi connectivity index (χ3v) is 4.96. The Morgan fingerprint density at radius 2 is 2.00 bits per heavy atom. The van der Waals surface area contributed by atoms with Gasteiger partial charge in [-0.25, -0.2) is 4.79 Å². The van der Waals surface area contributed by atoms with Crippen molar-refractivity contribution in [3.8, 4) is 11.5 Å². The van der Waals surface area contributed by atoms with E-state index >= 15 is 0 Å². The number of benzene rings is 2. The van der Waals surface area contributed by atoms with E-state index in [1.807, 2.05) is 18.2 Å². The van der Waals surface area contributed by atoms with Crippen molar-refractivity contribution in [1.29, 1.82) is 0 Å². The number of nitrogens with zero attached hydrogens (tertiary/aromatic N) is 1. The molecule has 28 heavy (non-hydrogen) atoms. The summed E-state index contributed by atoms with van der Waals surface area (Å²) in [5.41, 5.74) is 3.06. The average molecular weight is 400 g/mol. The summed E-state index contributed by atoms with van der Waals surface area (Å²) in [6.45, 7) is 0.998. The van der Waals surface area contributed by atoms with Gasteiger partial charge < -0.3 is 19.1 Å². The second kappa shape index (κ2) is 7.94. The zero-order valence-corrected chi connectivity index (χ0v) is 15.8. The fourth-order valence-electron chi connectivity index (χ4n) is 3.23. The van der Waals surface area contributed by atoms with Gasteiger partial charge in [0.25, 0.3) is 5.91 Å². The van der Waals surface area contributed by atoms with E-state index in [0.29, 0.717) is 35.2 Å². The van der Waals surface area contributed by atoms with Gasteiger partial charge in [-0.15, -0.1) is 0 Å². The number of rotatable bonds is 4. The highest BCUT2D eigenvalue weighted by Gasteiger charge is 2.21. The fraction of sp³-hybridized carbons (Fsp3) is 0.238. The summed E-state index contributed by atoms with van der Waals surface area (Å²) < 4.78 is 15.6. The molecule has 2 aromatic rings. The number of carbonyl (C=O) groups is 2. The molecule has 0 radical (unpaired) electrons. The van der Waals surface area contributed by atoms with E-state index in [1.54, 1.807) is 23.1 Å². The molecule has 0 atom stereocenters. The molecule has 0 spiro atoms. The van der Waals surface area contributed by atoms with E-state index in [0.717, 1.165) is 12.0 Å². The monoisotopic (exact) mass is 399 g/mol. The lowest BCUT2D eigenvalue weighted by molar-refractivity contribution is -0.148. The Balaban J connectivity index is 1.31. The van der Waals surface area contributed by atoms with Gasteiger partial charge in [0.2, 0.25) is 6.79 Å². The van der Waals surface area contributed by atoms with Crippen molar-refractivity contribution in [2.75, 3.05) is 19.9 Å². The van der Waals surface area contributed by atoms with Gasteiger partial charge >= 0.3 is 5.97 Å². The Labute approximate surface area is 167 Å². The number of carbonyl (C=O) groups excluding carboxylic acids is 2. The Hall–Kier alpha value is -2.99. The highest BCUT2D eigenvalue weighted by Crippen LogP contribution is 2.40. The number of ether oxygens (including phenoxy) is 3. The third-order valence-electron chi connectivity index (χ3n) is 4.68. The van der Waals surface area contributed by atoms with Gasteiger partial charge in [0.1, 0.15) is 0 Å². The maximum absolute atomic E-state index is 12.3. The molecule has 2 aliphatic heterocycles. The first-order chi connectivity index (χ1) is 13.6. The molecule has 0 fully saturated rings. The summed E-state index contributed by atoms with van der Waals surface area (Å²) >= 11 is 6.11. The summed E-state index contributed by atoms with van der Waals surface area (Å²) in [5.74, 6) is 0.220. The van der Waals surface area contributed by atoms with Crippen molar-refractivity contribution in [2.45, 2.75) is 13.0 Å². The molecule has 0 saturated heterocycles. The Morgan fingerprint density at radius 3 is 2.86 bits per heavy atom. The Morgan fingerprint density at radius 1 is 1.18 bits per heavy atom. The first-order valence-electron chi connectivity index (χ1n) is 8.89. The molecule has 0 saturated carbocycles. The molecule has 0 aliphatic carbocycles. The first-order valence-corrected chi connectivity index (χ1v) is 9.26. The number of halogens is 1. The van der Waals surface area contributed by atoms with Crippen LogP contribution >= 0.6 is 11.6 Å². The molecular weight excluding hydrogens is 382 g/mol. The minimum absolute atomic E-state index is 0.118. The predicted octanol–water partition coefficient (Wildman–Crippen LogP) is 3.21. The van der Waals surface area contributed by atoms with Crippen molar-refractivity contribution in [3.63, 3.8) is 0 Å². The van der Waals surface area contributed by atoms with Gasteiger partial charge in [0.15, 0.2) is 18.1 Å². The van der Waals surface area contributed by atoms with Crippen LogP contribution < -0.4 is 9.47 Å². The molecule has 2 heterocycles. The second-order valence-corrected chi connectivity index (χ2v) is 6.92. The molecule has 6 nitrogen and oxygen atoms in total. The van der Waals surface area contributed by atoms with Crippen LogP contribution in [0, 0.1) is 0 Å². The summed E-state index contributed by atoms with van der Waals surface area (Å²) in [7, 11) is 0. The maximum atomic E-state index is 12.3.